The topological polar surface area (TPSA) is 104 Å². The number of nitrogens with zero attached hydrogens (tertiary/aromatic N) is 1. The van der Waals surface area contributed by atoms with E-state index in [0.717, 1.165) is 0 Å². The fourth-order valence-electron chi connectivity index (χ4n) is 2.29. The van der Waals surface area contributed by atoms with Crippen molar-refractivity contribution in [1.29, 1.82) is 0 Å². The summed E-state index contributed by atoms with van der Waals surface area (Å²) in [5.74, 6) is -0.659. The summed E-state index contributed by atoms with van der Waals surface area (Å²) in [5, 5.41) is 11.5. The van der Waals surface area contributed by atoms with Crippen molar-refractivity contribution in [2.24, 2.45) is 0 Å². The molecule has 0 spiro atoms. The molecule has 0 aliphatic carbocycles. The number of rotatable bonds is 6. The molecular formula is C13H24N2O5S. The number of carbonyl (C=O) groups excluding carboxylic acids is 1. The molecule has 2 N–H and O–H groups in total. The highest BCUT2D eigenvalue weighted by Crippen LogP contribution is 2.13. The van der Waals surface area contributed by atoms with E-state index in [4.69, 9.17) is 5.11 Å². The van der Waals surface area contributed by atoms with Crippen LogP contribution in [0.2, 0.25) is 0 Å². The predicted octanol–water partition coefficient (Wildman–Crippen LogP) is 0.848. The second-order valence-corrected chi connectivity index (χ2v) is 7.96. The van der Waals surface area contributed by atoms with E-state index >= 15 is 0 Å². The third-order valence-electron chi connectivity index (χ3n) is 3.56. The number of hydrogen-bond acceptors (Lipinski definition) is 4. The first-order valence-electron chi connectivity index (χ1n) is 7.20. The van der Waals surface area contributed by atoms with Crippen molar-refractivity contribution in [2.75, 3.05) is 18.1 Å². The summed E-state index contributed by atoms with van der Waals surface area (Å²) in [6, 6.07) is -0.410. The molecule has 0 bridgehead atoms. The highest BCUT2D eigenvalue weighted by molar-refractivity contribution is 7.91. The SMILES string of the molecule is CC(C)N(CCCC(=O)O)C(=O)NC1CCS(=O)(=O)CC1. The van der Waals surface area contributed by atoms with Crippen LogP contribution in [0.5, 0.6) is 0 Å². The monoisotopic (exact) mass is 320 g/mol. The van der Waals surface area contributed by atoms with Crippen LogP contribution in [-0.4, -0.2) is 60.6 Å². The van der Waals surface area contributed by atoms with Crippen LogP contribution in [0.1, 0.15) is 39.5 Å². The van der Waals surface area contributed by atoms with E-state index < -0.39 is 15.8 Å². The Labute approximate surface area is 125 Å². The van der Waals surface area contributed by atoms with Gasteiger partial charge in [-0.1, -0.05) is 0 Å². The first-order valence-corrected chi connectivity index (χ1v) is 9.03. The molecule has 0 radical (unpaired) electrons. The Morgan fingerprint density at radius 2 is 1.86 bits per heavy atom. The molecule has 21 heavy (non-hydrogen) atoms. The zero-order chi connectivity index (χ0) is 16.0. The second-order valence-electron chi connectivity index (χ2n) is 5.66. The third kappa shape index (κ3) is 6.33. The Bertz CT molecular complexity index is 461. The number of carbonyl (C=O) groups is 2. The van der Waals surface area contributed by atoms with E-state index in [-0.39, 0.29) is 36.0 Å². The molecule has 0 aromatic heterocycles. The van der Waals surface area contributed by atoms with Crippen LogP contribution >= 0.6 is 0 Å². The second kappa shape index (κ2) is 7.63. The van der Waals surface area contributed by atoms with Gasteiger partial charge >= 0.3 is 12.0 Å². The van der Waals surface area contributed by atoms with Gasteiger partial charge in [0.1, 0.15) is 9.84 Å². The number of carboxylic acids is 1. The summed E-state index contributed by atoms with van der Waals surface area (Å²) in [6.45, 7) is 4.11. The fraction of sp³-hybridized carbons (Fsp3) is 0.846. The molecule has 1 saturated heterocycles. The van der Waals surface area contributed by atoms with Gasteiger partial charge in [-0.15, -0.1) is 0 Å². The Hall–Kier alpha value is -1.31. The van der Waals surface area contributed by atoms with Crippen LogP contribution in [0, 0.1) is 0 Å². The zero-order valence-electron chi connectivity index (χ0n) is 12.5. The van der Waals surface area contributed by atoms with Crippen molar-refractivity contribution in [1.82, 2.24) is 10.2 Å². The number of sulfone groups is 1. The minimum atomic E-state index is -2.94. The van der Waals surface area contributed by atoms with Gasteiger partial charge in [0.05, 0.1) is 11.5 Å². The lowest BCUT2D eigenvalue weighted by atomic mass is 10.1. The lowest BCUT2D eigenvalue weighted by molar-refractivity contribution is -0.137. The number of hydrogen-bond donors (Lipinski definition) is 2. The maximum atomic E-state index is 12.2. The van der Waals surface area contributed by atoms with Crippen LogP contribution in [0.3, 0.4) is 0 Å². The summed E-state index contributed by atoms with van der Waals surface area (Å²) in [4.78, 5) is 24.3. The number of amides is 2. The molecule has 1 fully saturated rings. The van der Waals surface area contributed by atoms with E-state index in [1.807, 2.05) is 13.8 Å². The summed E-state index contributed by atoms with van der Waals surface area (Å²) in [5.41, 5.74) is 0. The normalized spacial score (nSPS) is 18.4. The Morgan fingerprint density at radius 1 is 1.29 bits per heavy atom. The van der Waals surface area contributed by atoms with Gasteiger partial charge in [-0.2, -0.15) is 0 Å². The minimum Gasteiger partial charge on any atom is -0.481 e. The van der Waals surface area contributed by atoms with Crippen LogP contribution in [-0.2, 0) is 14.6 Å². The highest BCUT2D eigenvalue weighted by Gasteiger charge is 2.26. The average molecular weight is 320 g/mol. The van der Waals surface area contributed by atoms with E-state index in [1.165, 1.54) is 0 Å². The quantitative estimate of drug-likeness (QED) is 0.755. The van der Waals surface area contributed by atoms with Crippen molar-refractivity contribution >= 4 is 21.8 Å². The lowest BCUT2D eigenvalue weighted by Crippen LogP contribution is -2.50. The van der Waals surface area contributed by atoms with Gasteiger partial charge in [0.25, 0.3) is 0 Å². The standard InChI is InChI=1S/C13H24N2O5S/c1-10(2)15(7-3-4-12(16)17)13(18)14-11-5-8-21(19,20)9-6-11/h10-11H,3-9H2,1-2H3,(H,14,18)(H,16,17). The highest BCUT2D eigenvalue weighted by atomic mass is 32.2. The van der Waals surface area contributed by atoms with Crippen molar-refractivity contribution < 1.29 is 23.1 Å². The summed E-state index contributed by atoms with van der Waals surface area (Å²) >= 11 is 0. The molecule has 0 saturated carbocycles. The van der Waals surface area contributed by atoms with Gasteiger partial charge in [-0.3, -0.25) is 4.79 Å². The van der Waals surface area contributed by atoms with Crippen molar-refractivity contribution in [3.05, 3.63) is 0 Å². The Balaban J connectivity index is 2.47. The van der Waals surface area contributed by atoms with Gasteiger partial charge < -0.3 is 15.3 Å². The summed E-state index contributed by atoms with van der Waals surface area (Å²) in [7, 11) is -2.94. The van der Waals surface area contributed by atoms with Crippen molar-refractivity contribution in [2.45, 2.75) is 51.6 Å². The van der Waals surface area contributed by atoms with Crippen molar-refractivity contribution in [3.8, 4) is 0 Å². The molecular weight excluding hydrogens is 296 g/mol. The smallest absolute Gasteiger partial charge is 0.317 e. The molecule has 1 aliphatic heterocycles. The number of nitrogens with one attached hydrogen (secondary N) is 1. The molecule has 0 aromatic carbocycles. The van der Waals surface area contributed by atoms with Gasteiger partial charge in [0, 0.05) is 25.0 Å². The summed E-state index contributed by atoms with van der Waals surface area (Å²) < 4.78 is 22.7. The van der Waals surface area contributed by atoms with Gasteiger partial charge in [0.15, 0.2) is 0 Å². The van der Waals surface area contributed by atoms with E-state index in [9.17, 15) is 18.0 Å². The molecule has 8 heteroatoms. The van der Waals surface area contributed by atoms with Crippen molar-refractivity contribution in [3.63, 3.8) is 0 Å². The predicted molar refractivity (Wildman–Crippen MR) is 78.9 cm³/mol. The average Bonchev–Trinajstić information content (AvgIpc) is 2.36. The minimum absolute atomic E-state index is 0.0260. The molecule has 7 nitrogen and oxygen atoms in total. The van der Waals surface area contributed by atoms with Gasteiger partial charge in [-0.25, -0.2) is 13.2 Å². The zero-order valence-corrected chi connectivity index (χ0v) is 13.4. The lowest BCUT2D eigenvalue weighted by Gasteiger charge is -2.30. The molecule has 0 aromatic rings. The maximum absolute atomic E-state index is 12.2. The Morgan fingerprint density at radius 3 is 2.33 bits per heavy atom. The van der Waals surface area contributed by atoms with Crippen LogP contribution in [0.4, 0.5) is 4.79 Å². The van der Waals surface area contributed by atoms with Gasteiger partial charge in [-0.05, 0) is 33.1 Å². The van der Waals surface area contributed by atoms with E-state index in [0.29, 0.717) is 25.8 Å². The fourth-order valence-corrected chi connectivity index (χ4v) is 3.78. The summed E-state index contributed by atoms with van der Waals surface area (Å²) in [6.07, 6.45) is 1.31. The van der Waals surface area contributed by atoms with Crippen LogP contribution < -0.4 is 5.32 Å². The number of urea groups is 1. The van der Waals surface area contributed by atoms with E-state index in [1.54, 1.807) is 4.90 Å². The van der Waals surface area contributed by atoms with Gasteiger partial charge in [0.2, 0.25) is 0 Å². The Kier molecular flexibility index (Phi) is 6.44. The molecule has 2 amide bonds. The molecule has 1 aliphatic rings. The number of carboxylic acid groups (broad SMARTS) is 1. The molecule has 1 rings (SSSR count). The molecule has 1 heterocycles. The van der Waals surface area contributed by atoms with E-state index in [2.05, 4.69) is 5.32 Å². The molecule has 0 unspecified atom stereocenters. The molecule has 122 valence electrons. The van der Waals surface area contributed by atoms with Crippen LogP contribution in [0.25, 0.3) is 0 Å². The third-order valence-corrected chi connectivity index (χ3v) is 5.27. The first kappa shape index (κ1) is 17.7. The number of aliphatic carboxylic acids is 1. The largest absolute Gasteiger partial charge is 0.481 e. The molecule has 0 atom stereocenters. The van der Waals surface area contributed by atoms with Crippen LogP contribution in [0.15, 0.2) is 0 Å². The maximum Gasteiger partial charge on any atom is 0.317 e. The first-order chi connectivity index (χ1) is 9.71.